The maximum absolute atomic E-state index is 12.2. The molecule has 20 heavy (non-hydrogen) atoms. The lowest BCUT2D eigenvalue weighted by Gasteiger charge is -2.14. The number of aryl methyl sites for hydroxylation is 1. The van der Waals surface area contributed by atoms with Gasteiger partial charge in [-0.15, -0.1) is 0 Å². The topological polar surface area (TPSA) is 80.4 Å². The van der Waals surface area contributed by atoms with Crippen LogP contribution in [0.15, 0.2) is 17.2 Å². The molecule has 7 heteroatoms. The molecule has 0 aromatic carbocycles. The summed E-state index contributed by atoms with van der Waals surface area (Å²) >= 11 is 0. The summed E-state index contributed by atoms with van der Waals surface area (Å²) in [6.07, 6.45) is 4.08. The van der Waals surface area contributed by atoms with E-state index < -0.39 is 10.0 Å². The Labute approximate surface area is 121 Å². The lowest BCUT2D eigenvalue weighted by Crippen LogP contribution is -2.33. The minimum absolute atomic E-state index is 0.307. The summed E-state index contributed by atoms with van der Waals surface area (Å²) in [4.78, 5) is 2.59. The highest BCUT2D eigenvalue weighted by molar-refractivity contribution is 7.89. The summed E-state index contributed by atoms with van der Waals surface area (Å²) in [5.74, 6) is 0. The molecule has 1 aliphatic rings. The molecule has 2 rings (SSSR count). The van der Waals surface area contributed by atoms with Crippen molar-refractivity contribution in [1.29, 1.82) is 0 Å². The van der Waals surface area contributed by atoms with Crippen molar-refractivity contribution in [2.24, 2.45) is 5.73 Å². The Balaban J connectivity index is 1.96. The highest BCUT2D eigenvalue weighted by Gasteiger charge is 2.18. The van der Waals surface area contributed by atoms with Crippen LogP contribution in [0.25, 0.3) is 0 Å². The molecule has 0 bridgehead atoms. The predicted molar refractivity (Wildman–Crippen MR) is 78.9 cm³/mol. The lowest BCUT2D eigenvalue weighted by molar-refractivity contribution is 0.344. The van der Waals surface area contributed by atoms with Gasteiger partial charge in [-0.25, -0.2) is 13.1 Å². The Hall–Kier alpha value is -0.890. The third-order valence-corrected chi connectivity index (χ3v) is 5.17. The number of hydrogen-bond donors (Lipinski definition) is 2. The number of nitrogens with one attached hydrogen (secondary N) is 1. The third kappa shape index (κ3) is 3.60. The fourth-order valence-electron chi connectivity index (χ4n) is 2.57. The van der Waals surface area contributed by atoms with E-state index in [1.165, 1.54) is 12.8 Å². The van der Waals surface area contributed by atoms with Gasteiger partial charge in [-0.05, 0) is 38.9 Å². The predicted octanol–water partition coefficient (Wildman–Crippen LogP) is 0.341. The summed E-state index contributed by atoms with van der Waals surface area (Å²) in [6.45, 7) is 6.41. The van der Waals surface area contributed by atoms with Crippen molar-refractivity contribution in [3.05, 3.63) is 18.0 Å². The van der Waals surface area contributed by atoms with Crippen LogP contribution >= 0.6 is 0 Å². The first kappa shape index (κ1) is 15.5. The van der Waals surface area contributed by atoms with Crippen LogP contribution in [-0.2, 0) is 23.1 Å². The standard InChI is InChI=1S/C13H24N4O2S/c1-2-17-11-13(9-12(17)10-14)20(18,19)15-5-8-16-6-3-4-7-16/h9,11,15H,2-8,10,14H2,1H3. The van der Waals surface area contributed by atoms with Gasteiger partial charge in [0.25, 0.3) is 0 Å². The van der Waals surface area contributed by atoms with Crippen molar-refractivity contribution >= 4 is 10.0 Å². The minimum Gasteiger partial charge on any atom is -0.349 e. The van der Waals surface area contributed by atoms with Crippen LogP contribution in [0.1, 0.15) is 25.5 Å². The number of hydrogen-bond acceptors (Lipinski definition) is 4. The van der Waals surface area contributed by atoms with Gasteiger partial charge in [-0.2, -0.15) is 0 Å². The second-order valence-corrected chi connectivity index (χ2v) is 6.87. The van der Waals surface area contributed by atoms with Crippen LogP contribution in [0.2, 0.25) is 0 Å². The van der Waals surface area contributed by atoms with E-state index in [2.05, 4.69) is 9.62 Å². The van der Waals surface area contributed by atoms with Crippen LogP contribution < -0.4 is 10.5 Å². The van der Waals surface area contributed by atoms with Crippen molar-refractivity contribution < 1.29 is 8.42 Å². The van der Waals surface area contributed by atoms with Gasteiger partial charge in [0, 0.05) is 38.1 Å². The van der Waals surface area contributed by atoms with Gasteiger partial charge in [0.05, 0.1) is 4.90 Å². The zero-order chi connectivity index (χ0) is 14.6. The molecule has 1 aliphatic heterocycles. The highest BCUT2D eigenvalue weighted by Crippen LogP contribution is 2.14. The van der Waals surface area contributed by atoms with Gasteiger partial charge in [0.15, 0.2) is 0 Å². The number of aromatic nitrogens is 1. The van der Waals surface area contributed by atoms with Gasteiger partial charge in [0.1, 0.15) is 0 Å². The molecule has 1 fully saturated rings. The molecule has 2 heterocycles. The van der Waals surface area contributed by atoms with Crippen molar-refractivity contribution in [3.63, 3.8) is 0 Å². The molecular weight excluding hydrogens is 276 g/mol. The number of likely N-dealkylation sites (tertiary alicyclic amines) is 1. The van der Waals surface area contributed by atoms with Gasteiger partial charge in [0.2, 0.25) is 10.0 Å². The van der Waals surface area contributed by atoms with Crippen LogP contribution in [0.4, 0.5) is 0 Å². The Kier molecular flexibility index (Phi) is 5.20. The van der Waals surface area contributed by atoms with E-state index in [9.17, 15) is 8.42 Å². The number of sulfonamides is 1. The number of rotatable bonds is 7. The quantitative estimate of drug-likeness (QED) is 0.761. The van der Waals surface area contributed by atoms with Gasteiger partial charge in [-0.3, -0.25) is 0 Å². The SMILES string of the molecule is CCn1cc(S(=O)(=O)NCCN2CCCC2)cc1CN. The first-order chi connectivity index (χ1) is 9.56. The van der Waals surface area contributed by atoms with Crippen LogP contribution in [-0.4, -0.2) is 44.1 Å². The maximum Gasteiger partial charge on any atom is 0.242 e. The third-order valence-electron chi connectivity index (χ3n) is 3.74. The Morgan fingerprint density at radius 3 is 2.60 bits per heavy atom. The number of nitrogens with zero attached hydrogens (tertiary/aromatic N) is 2. The fraction of sp³-hybridized carbons (Fsp3) is 0.692. The largest absolute Gasteiger partial charge is 0.349 e. The molecule has 0 aliphatic carbocycles. The Morgan fingerprint density at radius 2 is 2.05 bits per heavy atom. The van der Waals surface area contributed by atoms with Crippen molar-refractivity contribution in [2.45, 2.75) is 37.8 Å². The first-order valence-electron chi connectivity index (χ1n) is 7.18. The molecule has 3 N–H and O–H groups in total. The second kappa shape index (κ2) is 6.71. The summed E-state index contributed by atoms with van der Waals surface area (Å²) in [6, 6.07) is 1.65. The van der Waals surface area contributed by atoms with Gasteiger partial charge in [-0.1, -0.05) is 0 Å². The van der Waals surface area contributed by atoms with Crippen molar-refractivity contribution in [2.75, 3.05) is 26.2 Å². The molecule has 0 unspecified atom stereocenters. The number of nitrogens with two attached hydrogens (primary N) is 1. The molecule has 0 spiro atoms. The van der Waals surface area contributed by atoms with E-state index >= 15 is 0 Å². The molecule has 0 atom stereocenters. The van der Waals surface area contributed by atoms with Gasteiger partial charge < -0.3 is 15.2 Å². The Bertz CT molecular complexity index is 511. The average Bonchev–Trinajstić information content (AvgIpc) is 3.07. The van der Waals surface area contributed by atoms with Crippen LogP contribution in [0, 0.1) is 0 Å². The maximum atomic E-state index is 12.2. The summed E-state index contributed by atoms with van der Waals surface area (Å²) in [5.41, 5.74) is 6.46. The van der Waals surface area contributed by atoms with E-state index in [0.29, 0.717) is 18.0 Å². The molecule has 0 saturated carbocycles. The Morgan fingerprint density at radius 1 is 1.35 bits per heavy atom. The summed E-state index contributed by atoms with van der Waals surface area (Å²) in [5, 5.41) is 0. The molecule has 1 aromatic heterocycles. The second-order valence-electron chi connectivity index (χ2n) is 5.10. The molecular formula is C13H24N4O2S. The van der Waals surface area contributed by atoms with E-state index in [0.717, 1.165) is 31.9 Å². The van der Waals surface area contributed by atoms with E-state index in [1.807, 2.05) is 11.5 Å². The fourth-order valence-corrected chi connectivity index (χ4v) is 3.65. The smallest absolute Gasteiger partial charge is 0.242 e. The average molecular weight is 300 g/mol. The van der Waals surface area contributed by atoms with Gasteiger partial charge >= 0.3 is 0 Å². The first-order valence-corrected chi connectivity index (χ1v) is 8.66. The molecule has 1 saturated heterocycles. The van der Waals surface area contributed by atoms with Crippen molar-refractivity contribution in [3.8, 4) is 0 Å². The normalized spacial score (nSPS) is 16.9. The minimum atomic E-state index is -3.43. The molecule has 114 valence electrons. The van der Waals surface area contributed by atoms with Crippen molar-refractivity contribution in [1.82, 2.24) is 14.2 Å². The molecule has 0 amide bonds. The molecule has 0 radical (unpaired) electrons. The molecule has 1 aromatic rings. The highest BCUT2D eigenvalue weighted by atomic mass is 32.2. The van der Waals surface area contributed by atoms with Crippen LogP contribution in [0.3, 0.4) is 0 Å². The van der Waals surface area contributed by atoms with E-state index in [4.69, 9.17) is 5.73 Å². The zero-order valence-corrected chi connectivity index (χ0v) is 12.8. The molecule has 6 nitrogen and oxygen atoms in total. The van der Waals surface area contributed by atoms with Crippen LogP contribution in [0.5, 0.6) is 0 Å². The van der Waals surface area contributed by atoms with E-state index in [1.54, 1.807) is 12.3 Å². The zero-order valence-electron chi connectivity index (χ0n) is 12.0. The van der Waals surface area contributed by atoms with E-state index in [-0.39, 0.29) is 0 Å². The summed E-state index contributed by atoms with van der Waals surface area (Å²) < 4.78 is 29.0. The lowest BCUT2D eigenvalue weighted by atomic mass is 10.4. The monoisotopic (exact) mass is 300 g/mol. The summed E-state index contributed by atoms with van der Waals surface area (Å²) in [7, 11) is -3.43.